The number of ketones is 1. The number of unbranched alkanes of at least 4 members (excludes halogenated alkanes) is 1. The van der Waals surface area contributed by atoms with Gasteiger partial charge < -0.3 is 19.1 Å². The summed E-state index contributed by atoms with van der Waals surface area (Å²) in [6, 6.07) is 20.4. The third-order valence-corrected chi connectivity index (χ3v) is 6.64. The Morgan fingerprint density at radius 1 is 0.868 bits per heavy atom. The largest absolute Gasteiger partial charge is 0.493 e. The monoisotopic (exact) mass is 512 g/mol. The van der Waals surface area contributed by atoms with E-state index in [2.05, 4.69) is 23.7 Å². The van der Waals surface area contributed by atoms with E-state index in [1.165, 1.54) is 0 Å². The van der Waals surface area contributed by atoms with Gasteiger partial charge in [-0.15, -0.1) is 0 Å². The van der Waals surface area contributed by atoms with Gasteiger partial charge >= 0.3 is 0 Å². The van der Waals surface area contributed by atoms with E-state index < -0.39 is 0 Å². The van der Waals surface area contributed by atoms with Gasteiger partial charge in [0.2, 0.25) is 0 Å². The van der Waals surface area contributed by atoms with Gasteiger partial charge in [0, 0.05) is 23.2 Å². The second kappa shape index (κ2) is 13.1. The molecule has 0 amide bonds. The van der Waals surface area contributed by atoms with Crippen molar-refractivity contribution in [2.24, 2.45) is 0 Å². The van der Waals surface area contributed by atoms with Gasteiger partial charge in [0.05, 0.1) is 24.8 Å². The molecular formula is C32H36N2O4. The predicted molar refractivity (Wildman–Crippen MR) is 152 cm³/mol. The van der Waals surface area contributed by atoms with Gasteiger partial charge in [-0.05, 0) is 63.7 Å². The van der Waals surface area contributed by atoms with Gasteiger partial charge in [-0.2, -0.15) is 0 Å². The van der Waals surface area contributed by atoms with Crippen molar-refractivity contribution in [2.45, 2.75) is 33.6 Å². The highest BCUT2D eigenvalue weighted by molar-refractivity contribution is 6.11. The predicted octanol–water partition coefficient (Wildman–Crippen LogP) is 7.08. The topological polar surface area (TPSA) is 60.9 Å². The molecule has 0 saturated carbocycles. The lowest BCUT2D eigenvalue weighted by Gasteiger charge is -2.18. The molecule has 0 saturated heterocycles. The highest BCUT2D eigenvalue weighted by Gasteiger charge is 2.18. The Hall–Kier alpha value is -3.90. The molecule has 6 nitrogen and oxygen atoms in total. The lowest BCUT2D eigenvalue weighted by atomic mass is 10.0. The first kappa shape index (κ1) is 27.1. The van der Waals surface area contributed by atoms with Crippen LogP contribution in [-0.2, 0) is 0 Å². The molecule has 0 aliphatic heterocycles. The summed E-state index contributed by atoms with van der Waals surface area (Å²) < 4.78 is 18.1. The quantitative estimate of drug-likeness (QED) is 0.141. The summed E-state index contributed by atoms with van der Waals surface area (Å²) in [5.74, 6) is 2.26. The highest BCUT2D eigenvalue weighted by atomic mass is 16.5. The number of nitrogens with zero attached hydrogens (tertiary/aromatic N) is 2. The number of aromatic nitrogens is 1. The number of pyridine rings is 1. The number of hydrogen-bond acceptors (Lipinski definition) is 6. The maximum atomic E-state index is 13.3. The van der Waals surface area contributed by atoms with E-state index in [4.69, 9.17) is 14.2 Å². The molecule has 0 atom stereocenters. The van der Waals surface area contributed by atoms with Crippen LogP contribution in [0.5, 0.6) is 23.0 Å². The molecule has 38 heavy (non-hydrogen) atoms. The van der Waals surface area contributed by atoms with Crippen LogP contribution in [0.1, 0.15) is 48.2 Å². The standard InChI is InChI=1S/C32H36N2O4/c1-5-34(6-2)18-10-11-19-37-31-22-27-25(21-30(31)36-4)29(16-17-33-27)38-28-15-14-23(3)20-26(28)32(35)24-12-8-7-9-13-24/h7-9,12-17,20-22H,5-6,10-11,18-19H2,1-4H3. The number of fused-ring (bicyclic) bond motifs is 1. The van der Waals surface area contributed by atoms with Crippen LogP contribution in [0.15, 0.2) is 72.9 Å². The second-order valence-corrected chi connectivity index (χ2v) is 9.21. The van der Waals surface area contributed by atoms with E-state index in [0.29, 0.717) is 40.7 Å². The Bertz CT molecular complexity index is 1370. The van der Waals surface area contributed by atoms with Crippen LogP contribution in [0, 0.1) is 6.92 Å². The van der Waals surface area contributed by atoms with Crippen molar-refractivity contribution in [1.29, 1.82) is 0 Å². The summed E-state index contributed by atoms with van der Waals surface area (Å²) in [5, 5.41) is 0.775. The first-order valence-corrected chi connectivity index (χ1v) is 13.2. The second-order valence-electron chi connectivity index (χ2n) is 9.21. The molecule has 0 bridgehead atoms. The zero-order valence-electron chi connectivity index (χ0n) is 22.7. The minimum atomic E-state index is -0.0862. The SMILES string of the molecule is CCN(CC)CCCCOc1cc2nccc(Oc3ccc(C)cc3C(=O)c3ccccc3)c2cc1OC. The van der Waals surface area contributed by atoms with E-state index in [1.54, 1.807) is 19.4 Å². The van der Waals surface area contributed by atoms with Gasteiger partial charge in [-0.25, -0.2) is 0 Å². The van der Waals surface area contributed by atoms with Crippen LogP contribution in [0.4, 0.5) is 0 Å². The average Bonchev–Trinajstić information content (AvgIpc) is 2.95. The third kappa shape index (κ3) is 6.50. The zero-order chi connectivity index (χ0) is 26.9. The lowest BCUT2D eigenvalue weighted by Crippen LogP contribution is -2.24. The Kier molecular flexibility index (Phi) is 9.33. The number of hydrogen-bond donors (Lipinski definition) is 0. The summed E-state index contributed by atoms with van der Waals surface area (Å²) in [4.78, 5) is 20.3. The summed E-state index contributed by atoms with van der Waals surface area (Å²) in [7, 11) is 1.63. The van der Waals surface area contributed by atoms with Gasteiger partial charge in [0.1, 0.15) is 11.5 Å². The molecule has 0 aliphatic rings. The maximum absolute atomic E-state index is 13.3. The number of benzene rings is 3. The van der Waals surface area contributed by atoms with Gasteiger partial charge in [0.25, 0.3) is 0 Å². The normalized spacial score (nSPS) is 11.1. The van der Waals surface area contributed by atoms with Crippen LogP contribution in [0.25, 0.3) is 10.9 Å². The number of ether oxygens (including phenoxy) is 3. The highest BCUT2D eigenvalue weighted by Crippen LogP contribution is 2.38. The molecule has 0 unspecified atom stereocenters. The van der Waals surface area contributed by atoms with Gasteiger partial charge in [-0.1, -0.05) is 55.8 Å². The summed E-state index contributed by atoms with van der Waals surface area (Å²) in [5.41, 5.74) is 2.84. The maximum Gasteiger partial charge on any atom is 0.196 e. The van der Waals surface area contributed by atoms with E-state index in [0.717, 1.165) is 48.9 Å². The summed E-state index contributed by atoms with van der Waals surface area (Å²) in [6.45, 7) is 10.1. The number of aryl methyl sites for hydroxylation is 1. The molecule has 1 heterocycles. The van der Waals surface area contributed by atoms with Crippen molar-refractivity contribution in [1.82, 2.24) is 9.88 Å². The Balaban J connectivity index is 1.57. The fourth-order valence-electron chi connectivity index (χ4n) is 4.42. The molecule has 4 aromatic rings. The van der Waals surface area contributed by atoms with Crippen LogP contribution in [0.2, 0.25) is 0 Å². The Labute approximate surface area is 225 Å². The lowest BCUT2D eigenvalue weighted by molar-refractivity contribution is 0.103. The number of methoxy groups -OCH3 is 1. The summed E-state index contributed by atoms with van der Waals surface area (Å²) >= 11 is 0. The van der Waals surface area contributed by atoms with Crippen molar-refractivity contribution in [2.75, 3.05) is 33.4 Å². The molecule has 4 rings (SSSR count). The Morgan fingerprint density at radius 3 is 2.39 bits per heavy atom. The van der Waals surface area contributed by atoms with E-state index in [1.807, 2.05) is 67.6 Å². The minimum Gasteiger partial charge on any atom is -0.493 e. The molecular weight excluding hydrogens is 476 g/mol. The third-order valence-electron chi connectivity index (χ3n) is 6.64. The molecule has 6 heteroatoms. The fourth-order valence-corrected chi connectivity index (χ4v) is 4.42. The molecule has 0 spiro atoms. The van der Waals surface area contributed by atoms with Crippen LogP contribution >= 0.6 is 0 Å². The van der Waals surface area contributed by atoms with Crippen molar-refractivity contribution in [3.05, 3.63) is 89.6 Å². The van der Waals surface area contributed by atoms with Crippen molar-refractivity contribution in [3.8, 4) is 23.0 Å². The van der Waals surface area contributed by atoms with Crippen LogP contribution in [0.3, 0.4) is 0 Å². The Morgan fingerprint density at radius 2 is 1.66 bits per heavy atom. The number of carbonyl (C=O) groups excluding carboxylic acids is 1. The smallest absolute Gasteiger partial charge is 0.196 e. The fraction of sp³-hybridized carbons (Fsp3) is 0.312. The number of rotatable bonds is 13. The van der Waals surface area contributed by atoms with Crippen LogP contribution < -0.4 is 14.2 Å². The van der Waals surface area contributed by atoms with E-state index in [9.17, 15) is 4.79 Å². The molecule has 0 radical (unpaired) electrons. The van der Waals surface area contributed by atoms with E-state index in [-0.39, 0.29) is 5.78 Å². The molecule has 198 valence electrons. The van der Waals surface area contributed by atoms with Gasteiger partial charge in [-0.3, -0.25) is 9.78 Å². The van der Waals surface area contributed by atoms with Crippen LogP contribution in [-0.4, -0.2) is 49.0 Å². The minimum absolute atomic E-state index is 0.0862. The van der Waals surface area contributed by atoms with Crippen molar-refractivity contribution in [3.63, 3.8) is 0 Å². The van der Waals surface area contributed by atoms with Crippen molar-refractivity contribution >= 4 is 16.7 Å². The van der Waals surface area contributed by atoms with Crippen molar-refractivity contribution < 1.29 is 19.0 Å². The zero-order valence-corrected chi connectivity index (χ0v) is 22.7. The summed E-state index contributed by atoms with van der Waals surface area (Å²) in [6.07, 6.45) is 3.74. The molecule has 0 fully saturated rings. The van der Waals surface area contributed by atoms with E-state index >= 15 is 0 Å². The molecule has 0 aliphatic carbocycles. The first-order valence-electron chi connectivity index (χ1n) is 13.2. The number of carbonyl (C=O) groups is 1. The molecule has 3 aromatic carbocycles. The molecule has 0 N–H and O–H groups in total. The average molecular weight is 513 g/mol. The molecule has 1 aromatic heterocycles. The van der Waals surface area contributed by atoms with Gasteiger partial charge in [0.15, 0.2) is 17.3 Å². The first-order chi connectivity index (χ1) is 18.5.